The Morgan fingerprint density at radius 3 is 2.42 bits per heavy atom. The van der Waals surface area contributed by atoms with Gasteiger partial charge in [0.2, 0.25) is 0 Å². The van der Waals surface area contributed by atoms with Gasteiger partial charge >= 0.3 is 5.84 Å². The van der Waals surface area contributed by atoms with E-state index in [0.29, 0.717) is 5.84 Å². The Hall–Kier alpha value is -4.31. The molecule has 0 amide bonds. The maximum Gasteiger partial charge on any atom is 0.307 e. The molecular weight excluding hydrogens is 384 g/mol. The molecule has 31 heavy (non-hydrogen) atoms. The smallest absolute Gasteiger partial charge is 0.307 e. The fourth-order valence-corrected chi connectivity index (χ4v) is 4.43. The minimum Gasteiger partial charge on any atom is -0.456 e. The molecule has 4 heteroatoms. The lowest BCUT2D eigenvalue weighted by atomic mass is 9.99. The Labute approximate surface area is 177 Å². The number of hydrogen-bond donors (Lipinski definition) is 0. The number of benzene rings is 4. The van der Waals surface area contributed by atoms with Crippen LogP contribution in [0.5, 0.6) is 0 Å². The first kappa shape index (κ1) is 16.5. The standard InChI is InChI=1S/C27H16N2O2/c1-2-7-17(8-3-1)21-16-29-22-15-18(13-14-24(22)31-27(29)28-21)19-10-6-12-25-26(19)20-9-4-5-11-23(20)30-25/h1-16H. The van der Waals surface area contributed by atoms with Crippen LogP contribution >= 0.6 is 0 Å². The van der Waals surface area contributed by atoms with Crippen LogP contribution in [0.4, 0.5) is 0 Å². The van der Waals surface area contributed by atoms with Gasteiger partial charge in [-0.1, -0.05) is 66.7 Å². The lowest BCUT2D eigenvalue weighted by molar-refractivity contribution is 0.642. The van der Waals surface area contributed by atoms with E-state index >= 15 is 0 Å². The molecule has 0 N–H and O–H groups in total. The monoisotopic (exact) mass is 400 g/mol. The van der Waals surface area contributed by atoms with Gasteiger partial charge in [-0.15, -0.1) is 0 Å². The number of imidazole rings is 1. The molecule has 0 radical (unpaired) electrons. The molecule has 0 fully saturated rings. The lowest BCUT2D eigenvalue weighted by Gasteiger charge is -2.04. The first-order valence-corrected chi connectivity index (χ1v) is 10.2. The van der Waals surface area contributed by atoms with E-state index in [1.807, 2.05) is 65.2 Å². The summed E-state index contributed by atoms with van der Waals surface area (Å²) in [7, 11) is 0. The predicted octanol–water partition coefficient (Wildman–Crippen LogP) is 7.31. The third-order valence-electron chi connectivity index (χ3n) is 5.88. The second-order valence-electron chi connectivity index (χ2n) is 7.71. The van der Waals surface area contributed by atoms with Gasteiger partial charge in [-0.05, 0) is 35.4 Å². The number of rotatable bonds is 2. The summed E-state index contributed by atoms with van der Waals surface area (Å²) >= 11 is 0. The minimum atomic E-state index is 0.595. The van der Waals surface area contributed by atoms with E-state index in [0.717, 1.165) is 55.4 Å². The van der Waals surface area contributed by atoms with Crippen LogP contribution in [-0.2, 0) is 0 Å². The molecule has 3 aromatic heterocycles. The molecule has 0 aliphatic rings. The van der Waals surface area contributed by atoms with Crippen molar-refractivity contribution in [3.8, 4) is 22.4 Å². The summed E-state index contributed by atoms with van der Waals surface area (Å²) in [4.78, 5) is 4.69. The van der Waals surface area contributed by atoms with E-state index in [4.69, 9.17) is 8.83 Å². The van der Waals surface area contributed by atoms with Gasteiger partial charge in [0, 0.05) is 22.5 Å². The van der Waals surface area contributed by atoms with Gasteiger partial charge in [0.25, 0.3) is 0 Å². The zero-order valence-electron chi connectivity index (χ0n) is 16.4. The van der Waals surface area contributed by atoms with Crippen molar-refractivity contribution in [3.63, 3.8) is 0 Å². The summed E-state index contributed by atoms with van der Waals surface area (Å²) in [6.07, 6.45) is 2.04. The van der Waals surface area contributed by atoms with Gasteiger partial charge < -0.3 is 8.83 Å². The number of aromatic nitrogens is 2. The van der Waals surface area contributed by atoms with Crippen LogP contribution in [0.25, 0.3) is 61.3 Å². The molecule has 0 saturated carbocycles. The van der Waals surface area contributed by atoms with Crippen molar-refractivity contribution >= 4 is 38.9 Å². The van der Waals surface area contributed by atoms with Crippen LogP contribution in [0.3, 0.4) is 0 Å². The van der Waals surface area contributed by atoms with E-state index in [2.05, 4.69) is 41.4 Å². The van der Waals surface area contributed by atoms with Gasteiger partial charge in [0.05, 0.1) is 11.2 Å². The van der Waals surface area contributed by atoms with Crippen molar-refractivity contribution in [3.05, 3.63) is 97.2 Å². The fourth-order valence-electron chi connectivity index (χ4n) is 4.43. The molecule has 4 aromatic carbocycles. The summed E-state index contributed by atoms with van der Waals surface area (Å²) in [6, 6.07) is 30.8. The largest absolute Gasteiger partial charge is 0.456 e. The van der Waals surface area contributed by atoms with Crippen LogP contribution in [0.2, 0.25) is 0 Å². The third kappa shape index (κ3) is 2.39. The summed E-state index contributed by atoms with van der Waals surface area (Å²) < 4.78 is 14.1. The molecule has 0 aliphatic heterocycles. The SMILES string of the molecule is c1ccc(-c2cn3c(n2)oc2ccc(-c4cccc5oc6ccccc6c45)cc23)cc1. The highest BCUT2D eigenvalue weighted by atomic mass is 16.4. The number of fused-ring (bicyclic) bond motifs is 6. The van der Waals surface area contributed by atoms with Gasteiger partial charge in [-0.25, -0.2) is 0 Å². The van der Waals surface area contributed by atoms with Crippen molar-refractivity contribution in [2.24, 2.45) is 0 Å². The number of furan rings is 1. The van der Waals surface area contributed by atoms with Gasteiger partial charge in [0.1, 0.15) is 11.2 Å². The number of hydrogen-bond acceptors (Lipinski definition) is 3. The van der Waals surface area contributed by atoms with E-state index in [9.17, 15) is 0 Å². The maximum absolute atomic E-state index is 6.08. The van der Waals surface area contributed by atoms with Crippen molar-refractivity contribution in [1.82, 2.24) is 9.38 Å². The topological polar surface area (TPSA) is 43.6 Å². The molecule has 0 spiro atoms. The molecule has 4 nitrogen and oxygen atoms in total. The Morgan fingerprint density at radius 1 is 0.645 bits per heavy atom. The maximum atomic E-state index is 6.08. The minimum absolute atomic E-state index is 0.595. The van der Waals surface area contributed by atoms with Crippen molar-refractivity contribution in [2.45, 2.75) is 0 Å². The highest BCUT2D eigenvalue weighted by molar-refractivity contribution is 6.12. The van der Waals surface area contributed by atoms with E-state index < -0.39 is 0 Å². The van der Waals surface area contributed by atoms with Crippen molar-refractivity contribution < 1.29 is 8.83 Å². The second-order valence-corrected chi connectivity index (χ2v) is 7.71. The van der Waals surface area contributed by atoms with Crippen LogP contribution in [-0.4, -0.2) is 9.38 Å². The Morgan fingerprint density at radius 2 is 1.48 bits per heavy atom. The van der Waals surface area contributed by atoms with Gasteiger partial charge in [-0.3, -0.25) is 4.40 Å². The molecule has 0 aliphatic carbocycles. The molecule has 7 rings (SSSR count). The number of para-hydroxylation sites is 1. The first-order valence-electron chi connectivity index (χ1n) is 10.2. The van der Waals surface area contributed by atoms with Gasteiger partial charge in [-0.2, -0.15) is 4.98 Å². The average molecular weight is 400 g/mol. The lowest BCUT2D eigenvalue weighted by Crippen LogP contribution is -1.82. The van der Waals surface area contributed by atoms with E-state index in [-0.39, 0.29) is 0 Å². The molecule has 0 bridgehead atoms. The first-order chi connectivity index (χ1) is 15.3. The number of nitrogens with zero attached hydrogens (tertiary/aromatic N) is 2. The van der Waals surface area contributed by atoms with Crippen LogP contribution in [0.15, 0.2) is 106 Å². The average Bonchev–Trinajstić information content (AvgIpc) is 3.50. The molecule has 0 saturated heterocycles. The highest BCUT2D eigenvalue weighted by Gasteiger charge is 2.15. The zero-order chi connectivity index (χ0) is 20.4. The van der Waals surface area contributed by atoms with Crippen LogP contribution < -0.4 is 0 Å². The summed E-state index contributed by atoms with van der Waals surface area (Å²) in [5.74, 6) is 0.595. The third-order valence-corrected chi connectivity index (χ3v) is 5.88. The molecule has 0 atom stereocenters. The van der Waals surface area contributed by atoms with Gasteiger partial charge in [0.15, 0.2) is 5.58 Å². The molecule has 146 valence electrons. The van der Waals surface area contributed by atoms with E-state index in [1.165, 1.54) is 0 Å². The molecule has 3 heterocycles. The van der Waals surface area contributed by atoms with Crippen molar-refractivity contribution in [2.75, 3.05) is 0 Å². The summed E-state index contributed by atoms with van der Waals surface area (Å²) in [6.45, 7) is 0. The highest BCUT2D eigenvalue weighted by Crippen LogP contribution is 2.37. The Balaban J connectivity index is 1.47. The quantitative estimate of drug-likeness (QED) is 0.305. The van der Waals surface area contributed by atoms with Crippen LogP contribution in [0.1, 0.15) is 0 Å². The van der Waals surface area contributed by atoms with Crippen LogP contribution in [0, 0.1) is 0 Å². The van der Waals surface area contributed by atoms with Crippen molar-refractivity contribution in [1.29, 1.82) is 0 Å². The Kier molecular flexibility index (Phi) is 3.24. The number of oxazole rings is 1. The summed E-state index contributed by atoms with van der Waals surface area (Å²) in [5.41, 5.74) is 7.82. The van der Waals surface area contributed by atoms with E-state index in [1.54, 1.807) is 0 Å². The summed E-state index contributed by atoms with van der Waals surface area (Å²) in [5, 5.41) is 2.26. The molecular formula is C27H16N2O2. The Bertz CT molecular complexity index is 1740. The molecule has 0 unspecified atom stereocenters. The predicted molar refractivity (Wildman–Crippen MR) is 123 cm³/mol. The second kappa shape index (κ2) is 6.09. The normalized spacial score (nSPS) is 11.9. The zero-order valence-corrected chi connectivity index (χ0v) is 16.4. The fraction of sp³-hybridized carbons (Fsp3) is 0. The molecule has 7 aromatic rings.